The number of anilines is 1. The molecule has 0 amide bonds. The fraction of sp³-hybridized carbons (Fsp3) is 0.429. The van der Waals surface area contributed by atoms with Crippen molar-refractivity contribution in [2.45, 2.75) is 61.3 Å². The second-order valence-electron chi connectivity index (χ2n) is 5.45. The Balaban J connectivity index is 0. The molecule has 0 saturated carbocycles. The molecule has 0 atom stereocenters. The maximum absolute atomic E-state index is 10.5. The summed E-state index contributed by atoms with van der Waals surface area (Å²) in [5, 5.41) is 3.32. The van der Waals surface area contributed by atoms with E-state index in [-0.39, 0.29) is 11.6 Å². The molecule has 0 bridgehead atoms. The molecule has 0 aromatic heterocycles. The highest BCUT2D eigenvalue weighted by Crippen LogP contribution is 2.14. The van der Waals surface area contributed by atoms with E-state index in [9.17, 15) is 9.59 Å². The monoisotopic (exact) mass is 331 g/mol. The van der Waals surface area contributed by atoms with Crippen LogP contribution in [0.4, 0.5) is 5.69 Å². The number of allylic oxidation sites excluding steroid dienone is 4. The van der Waals surface area contributed by atoms with Crippen molar-refractivity contribution in [2.24, 2.45) is 0 Å². The van der Waals surface area contributed by atoms with Crippen LogP contribution in [-0.2, 0) is 9.59 Å². The van der Waals surface area contributed by atoms with E-state index in [2.05, 4.69) is 37.4 Å². The van der Waals surface area contributed by atoms with Gasteiger partial charge in [-0.3, -0.25) is 4.79 Å². The van der Waals surface area contributed by atoms with Crippen LogP contribution in [0.25, 0.3) is 0 Å². The van der Waals surface area contributed by atoms with Crippen LogP contribution in [0.3, 0.4) is 0 Å². The number of carbonyl (C=O) groups excluding carboxylic acids is 2. The summed E-state index contributed by atoms with van der Waals surface area (Å²) in [4.78, 5) is 19.9. The smallest absolute Gasteiger partial charge is 0.155 e. The van der Waals surface area contributed by atoms with Crippen molar-refractivity contribution in [1.82, 2.24) is 0 Å². The molecule has 1 N–H and O–H groups in total. The van der Waals surface area contributed by atoms with Crippen LogP contribution in [0.1, 0.15) is 59.9 Å². The minimum Gasteiger partial charge on any atom is -0.359 e. The number of ketones is 2. The number of nitrogens with one attached hydrogen (secondary N) is 1. The summed E-state index contributed by atoms with van der Waals surface area (Å²) in [5.74, 6) is 0.381. The second-order valence-corrected chi connectivity index (χ2v) is 5.45. The van der Waals surface area contributed by atoms with E-state index in [0.29, 0.717) is 6.42 Å². The molecule has 1 aromatic rings. The highest BCUT2D eigenvalue weighted by molar-refractivity contribution is 5.89. The molecule has 0 fully saturated rings. The molecule has 0 radical (unpaired) electrons. The van der Waals surface area contributed by atoms with Crippen LogP contribution in [0.2, 0.25) is 0 Å². The summed E-state index contributed by atoms with van der Waals surface area (Å²) in [6.45, 7) is 13.1. The first-order valence-corrected chi connectivity index (χ1v) is 8.40. The maximum atomic E-state index is 10.5. The van der Waals surface area contributed by atoms with Crippen molar-refractivity contribution >= 4 is 17.3 Å². The van der Waals surface area contributed by atoms with E-state index < -0.39 is 0 Å². The van der Waals surface area contributed by atoms with Gasteiger partial charge in [0.25, 0.3) is 0 Å². The van der Waals surface area contributed by atoms with Gasteiger partial charge in [-0.1, -0.05) is 44.2 Å². The predicted octanol–water partition coefficient (Wildman–Crippen LogP) is 5.86. The van der Waals surface area contributed by atoms with Gasteiger partial charge in [0.1, 0.15) is 5.78 Å². The molecule has 0 spiro atoms. The van der Waals surface area contributed by atoms with Crippen LogP contribution >= 0.6 is 0 Å². The highest BCUT2D eigenvalue weighted by Gasteiger charge is 1.94. The number of Topliss-reactive ketones (excluding diaryl/α,β-unsaturated/α-hetero) is 1. The quantitative estimate of drug-likeness (QED) is 0.688. The van der Waals surface area contributed by atoms with Gasteiger partial charge in [0.05, 0.1) is 0 Å². The first-order chi connectivity index (χ1) is 11.3. The van der Waals surface area contributed by atoms with Crippen molar-refractivity contribution in [3.8, 4) is 0 Å². The second kappa shape index (κ2) is 15.7. The lowest BCUT2D eigenvalue weighted by Crippen LogP contribution is -1.96. The molecule has 1 aromatic carbocycles. The average molecular weight is 332 g/mol. The Hall–Kier alpha value is -2.16. The van der Waals surface area contributed by atoms with Gasteiger partial charge in [0.15, 0.2) is 5.78 Å². The molecule has 0 heterocycles. The fourth-order valence-corrected chi connectivity index (χ4v) is 1.36. The van der Waals surface area contributed by atoms with E-state index in [4.69, 9.17) is 0 Å². The predicted molar refractivity (Wildman–Crippen MR) is 105 cm³/mol. The molecule has 0 aliphatic rings. The van der Waals surface area contributed by atoms with Crippen LogP contribution in [0.5, 0.6) is 0 Å². The third-order valence-corrected chi connectivity index (χ3v) is 2.80. The number of hydrogen-bond donors (Lipinski definition) is 1. The Labute approximate surface area is 147 Å². The van der Waals surface area contributed by atoms with Gasteiger partial charge < -0.3 is 10.1 Å². The summed E-state index contributed by atoms with van der Waals surface area (Å²) in [5.41, 5.74) is 3.65. The zero-order chi connectivity index (χ0) is 19.0. The molecule has 24 heavy (non-hydrogen) atoms. The molecule has 0 saturated heterocycles. The van der Waals surface area contributed by atoms with E-state index in [1.54, 1.807) is 6.08 Å². The van der Waals surface area contributed by atoms with Gasteiger partial charge in [-0.05, 0) is 58.7 Å². The van der Waals surface area contributed by atoms with Crippen molar-refractivity contribution in [3.63, 3.8) is 0 Å². The van der Waals surface area contributed by atoms with Gasteiger partial charge in [-0.15, -0.1) is 0 Å². The molecule has 134 valence electrons. The van der Waals surface area contributed by atoms with E-state index >= 15 is 0 Å². The highest BCUT2D eigenvalue weighted by atomic mass is 16.1. The fourth-order valence-electron chi connectivity index (χ4n) is 1.36. The lowest BCUT2D eigenvalue weighted by molar-refractivity contribution is -0.115. The van der Waals surface area contributed by atoms with Gasteiger partial charge >= 0.3 is 0 Å². The summed E-state index contributed by atoms with van der Waals surface area (Å²) in [6, 6.07) is 8.28. The van der Waals surface area contributed by atoms with Crippen LogP contribution in [-0.4, -0.2) is 11.6 Å². The number of para-hydroxylation sites is 1. The average Bonchev–Trinajstić information content (AvgIpc) is 2.54. The lowest BCUT2D eigenvalue weighted by atomic mass is 10.2. The van der Waals surface area contributed by atoms with Crippen molar-refractivity contribution < 1.29 is 9.59 Å². The zero-order valence-electron chi connectivity index (χ0n) is 16.3. The van der Waals surface area contributed by atoms with Gasteiger partial charge in [0.2, 0.25) is 0 Å². The number of rotatable bonds is 5. The van der Waals surface area contributed by atoms with E-state index in [0.717, 1.165) is 6.42 Å². The first-order valence-electron chi connectivity index (χ1n) is 8.40. The molecular weight excluding hydrogens is 298 g/mol. The van der Waals surface area contributed by atoms with E-state index in [1.165, 1.54) is 30.8 Å². The standard InChI is InChI=1S/C11H15N.C7H12O.C3H6O/c1-4-10(3)12-11-8-6-5-7-9(11)2;1-3-5-6-7(8)4-2;1-3(2)4/h4-8,12H,1-3H3;5-6H,3-4H2,1-2H3;1-2H3/b10-4-;6-5-;. The molecule has 3 nitrogen and oxygen atoms in total. The van der Waals surface area contributed by atoms with Crippen LogP contribution < -0.4 is 5.32 Å². The maximum Gasteiger partial charge on any atom is 0.155 e. The number of aryl methyl sites for hydroxylation is 1. The summed E-state index contributed by atoms with van der Waals surface area (Å²) in [6.07, 6.45) is 7.15. The van der Waals surface area contributed by atoms with Crippen molar-refractivity contribution in [2.75, 3.05) is 5.32 Å². The number of carbonyl (C=O) groups is 2. The minimum absolute atomic E-state index is 0.167. The summed E-state index contributed by atoms with van der Waals surface area (Å²) < 4.78 is 0. The first kappa shape index (κ1) is 24.1. The van der Waals surface area contributed by atoms with Gasteiger partial charge in [-0.2, -0.15) is 0 Å². The van der Waals surface area contributed by atoms with E-state index in [1.807, 2.05) is 39.0 Å². The summed E-state index contributed by atoms with van der Waals surface area (Å²) in [7, 11) is 0. The topological polar surface area (TPSA) is 46.2 Å². The number of benzene rings is 1. The van der Waals surface area contributed by atoms with Gasteiger partial charge in [0, 0.05) is 17.8 Å². The third kappa shape index (κ3) is 16.2. The molecule has 0 aliphatic heterocycles. The van der Waals surface area contributed by atoms with Crippen molar-refractivity contribution in [3.05, 3.63) is 53.8 Å². The molecule has 0 aliphatic carbocycles. The Morgan fingerprint density at radius 1 is 1.08 bits per heavy atom. The van der Waals surface area contributed by atoms with Gasteiger partial charge in [-0.25, -0.2) is 0 Å². The largest absolute Gasteiger partial charge is 0.359 e. The number of hydrogen-bond acceptors (Lipinski definition) is 3. The SMILES string of the molecule is C/C=C(/C)Nc1ccccc1C.CC(C)=O.CC/C=C\C(=O)CC. The Morgan fingerprint density at radius 2 is 1.62 bits per heavy atom. The zero-order valence-corrected chi connectivity index (χ0v) is 16.3. The molecular formula is C21H33NO2. The third-order valence-electron chi connectivity index (χ3n) is 2.80. The molecule has 1 rings (SSSR count). The summed E-state index contributed by atoms with van der Waals surface area (Å²) >= 11 is 0. The Kier molecular flexibility index (Phi) is 15.8. The minimum atomic E-state index is 0.167. The normalized spacial score (nSPS) is 10.2. The van der Waals surface area contributed by atoms with Crippen LogP contribution in [0, 0.1) is 6.92 Å². The lowest BCUT2D eigenvalue weighted by Gasteiger charge is -2.08. The molecule has 0 unspecified atom stereocenters. The molecule has 3 heteroatoms. The Morgan fingerprint density at radius 3 is 2.04 bits per heavy atom. The van der Waals surface area contributed by atoms with Crippen LogP contribution in [0.15, 0.2) is 48.2 Å². The van der Waals surface area contributed by atoms with Crippen molar-refractivity contribution in [1.29, 1.82) is 0 Å². The Bertz CT molecular complexity index is 539.